The molecule has 0 saturated carbocycles. The monoisotopic (exact) mass is 282 g/mol. The van der Waals surface area contributed by atoms with Crippen LogP contribution in [-0.2, 0) is 4.79 Å². The Balaban J connectivity index is 2.45. The molecule has 0 aromatic carbocycles. The maximum absolute atomic E-state index is 12.2. The van der Waals surface area contributed by atoms with Crippen molar-refractivity contribution in [2.75, 3.05) is 19.6 Å². The maximum atomic E-state index is 12.2. The first kappa shape index (κ1) is 17.5. The van der Waals surface area contributed by atoms with Crippen LogP contribution in [0.3, 0.4) is 0 Å². The normalized spacial score (nSPS) is 22.0. The van der Waals surface area contributed by atoms with Crippen molar-refractivity contribution in [1.82, 2.24) is 4.90 Å². The average molecular weight is 282 g/mol. The second-order valence-electron chi connectivity index (χ2n) is 8.24. The molecule has 1 atom stereocenters. The van der Waals surface area contributed by atoms with Gasteiger partial charge in [-0.1, -0.05) is 34.6 Å². The van der Waals surface area contributed by atoms with Crippen molar-refractivity contribution >= 4 is 5.91 Å². The summed E-state index contributed by atoms with van der Waals surface area (Å²) in [5.74, 6) is 1.01. The fourth-order valence-electron chi connectivity index (χ4n) is 2.99. The molecule has 1 saturated heterocycles. The standard InChI is InChI=1S/C17H34N2O/c1-16(2,3)14-7-8-15(20)19(12-9-14)11-6-10-17(4,5)13-18/h14H,6-13,18H2,1-5H3. The van der Waals surface area contributed by atoms with E-state index >= 15 is 0 Å². The molecule has 0 aromatic rings. The fraction of sp³-hybridized carbons (Fsp3) is 0.941. The van der Waals surface area contributed by atoms with Gasteiger partial charge >= 0.3 is 0 Å². The quantitative estimate of drug-likeness (QED) is 0.839. The number of amides is 1. The van der Waals surface area contributed by atoms with Crippen LogP contribution in [0.4, 0.5) is 0 Å². The molecule has 0 aliphatic carbocycles. The smallest absolute Gasteiger partial charge is 0.222 e. The van der Waals surface area contributed by atoms with Crippen molar-refractivity contribution in [1.29, 1.82) is 0 Å². The van der Waals surface area contributed by atoms with Gasteiger partial charge in [0.05, 0.1) is 0 Å². The summed E-state index contributed by atoms with van der Waals surface area (Å²) >= 11 is 0. The van der Waals surface area contributed by atoms with Crippen LogP contribution in [0.1, 0.15) is 66.7 Å². The number of rotatable bonds is 5. The molecule has 1 amide bonds. The Morgan fingerprint density at radius 2 is 1.85 bits per heavy atom. The summed E-state index contributed by atoms with van der Waals surface area (Å²) in [5.41, 5.74) is 6.28. The van der Waals surface area contributed by atoms with Crippen molar-refractivity contribution in [3.63, 3.8) is 0 Å². The first-order valence-electron chi connectivity index (χ1n) is 8.13. The molecule has 1 aliphatic heterocycles. The van der Waals surface area contributed by atoms with Crippen LogP contribution < -0.4 is 5.73 Å². The number of nitrogens with two attached hydrogens (primary N) is 1. The van der Waals surface area contributed by atoms with E-state index in [-0.39, 0.29) is 5.41 Å². The fourth-order valence-corrected chi connectivity index (χ4v) is 2.99. The minimum absolute atomic E-state index is 0.197. The first-order chi connectivity index (χ1) is 9.15. The lowest BCUT2D eigenvalue weighted by Gasteiger charge is -2.30. The van der Waals surface area contributed by atoms with Gasteiger partial charge in [-0.15, -0.1) is 0 Å². The van der Waals surface area contributed by atoms with Gasteiger partial charge in [0, 0.05) is 19.5 Å². The Hall–Kier alpha value is -0.570. The van der Waals surface area contributed by atoms with Gasteiger partial charge in [0.15, 0.2) is 0 Å². The van der Waals surface area contributed by atoms with Gasteiger partial charge in [0.2, 0.25) is 5.91 Å². The first-order valence-corrected chi connectivity index (χ1v) is 8.13. The molecule has 0 bridgehead atoms. The van der Waals surface area contributed by atoms with Gasteiger partial charge in [0.25, 0.3) is 0 Å². The summed E-state index contributed by atoms with van der Waals surface area (Å²) in [6.45, 7) is 13.8. The highest BCUT2D eigenvalue weighted by Gasteiger charge is 2.29. The predicted octanol–water partition coefficient (Wildman–Crippen LogP) is 3.43. The molecule has 0 spiro atoms. The van der Waals surface area contributed by atoms with Gasteiger partial charge < -0.3 is 10.6 Å². The van der Waals surface area contributed by atoms with E-state index in [1.165, 1.54) is 0 Å². The highest BCUT2D eigenvalue weighted by molar-refractivity contribution is 5.76. The Morgan fingerprint density at radius 3 is 2.40 bits per heavy atom. The second kappa shape index (κ2) is 6.93. The SMILES string of the molecule is CC(C)(CN)CCCN1CCC(C(C)(C)C)CCC1=O. The zero-order chi connectivity index (χ0) is 15.4. The molecule has 118 valence electrons. The van der Waals surface area contributed by atoms with E-state index in [0.717, 1.165) is 45.2 Å². The van der Waals surface area contributed by atoms with Gasteiger partial charge in [0.1, 0.15) is 0 Å². The van der Waals surface area contributed by atoms with Gasteiger partial charge in [-0.05, 0) is 49.0 Å². The summed E-state index contributed by atoms with van der Waals surface area (Å²) < 4.78 is 0. The van der Waals surface area contributed by atoms with Crippen molar-refractivity contribution in [2.45, 2.75) is 66.7 Å². The van der Waals surface area contributed by atoms with E-state index in [1.54, 1.807) is 0 Å². The zero-order valence-electron chi connectivity index (χ0n) is 14.2. The number of nitrogens with zero attached hydrogens (tertiary/aromatic N) is 1. The third kappa shape index (κ3) is 5.43. The van der Waals surface area contributed by atoms with Crippen LogP contribution in [0.25, 0.3) is 0 Å². The number of hydrogen-bond donors (Lipinski definition) is 1. The molecule has 1 rings (SSSR count). The van der Waals surface area contributed by atoms with E-state index in [2.05, 4.69) is 39.5 Å². The summed E-state index contributed by atoms with van der Waals surface area (Å²) in [6, 6.07) is 0. The molecule has 0 aromatic heterocycles. The Kier molecular flexibility index (Phi) is 6.06. The molecule has 1 fully saturated rings. The van der Waals surface area contributed by atoms with E-state index in [0.29, 0.717) is 23.8 Å². The molecule has 1 aliphatic rings. The Labute approximate surface area is 125 Å². The second-order valence-corrected chi connectivity index (χ2v) is 8.24. The van der Waals surface area contributed by atoms with E-state index in [9.17, 15) is 4.79 Å². The van der Waals surface area contributed by atoms with Gasteiger partial charge in [-0.25, -0.2) is 0 Å². The van der Waals surface area contributed by atoms with E-state index < -0.39 is 0 Å². The highest BCUT2D eigenvalue weighted by atomic mass is 16.2. The van der Waals surface area contributed by atoms with E-state index in [4.69, 9.17) is 5.73 Å². The molecule has 20 heavy (non-hydrogen) atoms. The molecule has 2 N–H and O–H groups in total. The largest absolute Gasteiger partial charge is 0.343 e. The van der Waals surface area contributed by atoms with Crippen molar-refractivity contribution in [3.05, 3.63) is 0 Å². The third-order valence-corrected chi connectivity index (χ3v) is 4.87. The minimum Gasteiger partial charge on any atom is -0.343 e. The summed E-state index contributed by atoms with van der Waals surface area (Å²) in [4.78, 5) is 14.3. The van der Waals surface area contributed by atoms with Crippen molar-refractivity contribution in [3.8, 4) is 0 Å². The van der Waals surface area contributed by atoms with Gasteiger partial charge in [-0.3, -0.25) is 4.79 Å². The predicted molar refractivity (Wildman–Crippen MR) is 85.4 cm³/mol. The van der Waals surface area contributed by atoms with Crippen LogP contribution in [0.15, 0.2) is 0 Å². The minimum atomic E-state index is 0.197. The summed E-state index contributed by atoms with van der Waals surface area (Å²) in [5, 5.41) is 0. The average Bonchev–Trinajstić information content (AvgIpc) is 2.52. The highest BCUT2D eigenvalue weighted by Crippen LogP contribution is 2.34. The zero-order valence-corrected chi connectivity index (χ0v) is 14.2. The number of hydrogen-bond acceptors (Lipinski definition) is 2. The van der Waals surface area contributed by atoms with Crippen LogP contribution in [0.5, 0.6) is 0 Å². The van der Waals surface area contributed by atoms with Crippen LogP contribution in [-0.4, -0.2) is 30.4 Å². The molecule has 1 heterocycles. The number of carbonyl (C=O) groups is 1. The molecular weight excluding hydrogens is 248 g/mol. The van der Waals surface area contributed by atoms with E-state index in [1.807, 2.05) is 0 Å². The number of likely N-dealkylation sites (tertiary alicyclic amines) is 1. The van der Waals surface area contributed by atoms with Crippen LogP contribution >= 0.6 is 0 Å². The Morgan fingerprint density at radius 1 is 1.20 bits per heavy atom. The molecule has 1 unspecified atom stereocenters. The van der Waals surface area contributed by atoms with Crippen LogP contribution in [0, 0.1) is 16.7 Å². The molecule has 3 nitrogen and oxygen atoms in total. The molecule has 0 radical (unpaired) electrons. The summed E-state index contributed by atoms with van der Waals surface area (Å²) in [7, 11) is 0. The van der Waals surface area contributed by atoms with Gasteiger partial charge in [-0.2, -0.15) is 0 Å². The maximum Gasteiger partial charge on any atom is 0.222 e. The third-order valence-electron chi connectivity index (χ3n) is 4.87. The lowest BCUT2D eigenvalue weighted by atomic mass is 9.77. The molecule has 3 heteroatoms. The van der Waals surface area contributed by atoms with Crippen LogP contribution in [0.2, 0.25) is 0 Å². The molecular formula is C17H34N2O. The lowest BCUT2D eigenvalue weighted by molar-refractivity contribution is -0.130. The Bertz CT molecular complexity index is 317. The van der Waals surface area contributed by atoms with Crippen molar-refractivity contribution < 1.29 is 4.79 Å². The number of carbonyl (C=O) groups excluding carboxylic acids is 1. The topological polar surface area (TPSA) is 46.3 Å². The van der Waals surface area contributed by atoms with Crippen molar-refractivity contribution in [2.24, 2.45) is 22.5 Å². The lowest BCUT2D eigenvalue weighted by Crippen LogP contribution is -2.33. The summed E-state index contributed by atoms with van der Waals surface area (Å²) in [6.07, 6.45) is 5.08.